The number of hydrogen-bond donors (Lipinski definition) is 0. The fraction of sp³-hybridized carbons (Fsp3) is 0.594. The molecule has 0 aliphatic heterocycles. The number of halogens is 1. The van der Waals surface area contributed by atoms with Gasteiger partial charge in [-0.15, -0.1) is 0 Å². The molecule has 1 amide bonds. The van der Waals surface area contributed by atoms with E-state index in [9.17, 15) is 9.18 Å². The number of anilines is 1. The highest BCUT2D eigenvalue weighted by Gasteiger charge is 2.73. The van der Waals surface area contributed by atoms with Crippen LogP contribution in [0.4, 0.5) is 10.1 Å². The molecule has 41 heavy (non-hydrogen) atoms. The average Bonchev–Trinajstić information content (AvgIpc) is 3.47. The van der Waals surface area contributed by atoms with E-state index in [0.29, 0.717) is 37.4 Å². The Balaban J connectivity index is 1.16. The van der Waals surface area contributed by atoms with Gasteiger partial charge in [-0.25, -0.2) is 14.4 Å². The smallest absolute Gasteiger partial charge is 0.233 e. The third kappa shape index (κ3) is 4.26. The second kappa shape index (κ2) is 8.82. The maximum atomic E-state index is 14.6. The van der Waals surface area contributed by atoms with Gasteiger partial charge in [0.05, 0.1) is 24.9 Å². The number of methoxy groups -OCH3 is 1. The van der Waals surface area contributed by atoms with Crippen molar-refractivity contribution in [1.29, 1.82) is 0 Å². The summed E-state index contributed by atoms with van der Waals surface area (Å²) in [7, 11) is 1.58. The van der Waals surface area contributed by atoms with Gasteiger partial charge in [-0.05, 0) is 75.3 Å². The predicted molar refractivity (Wildman–Crippen MR) is 151 cm³/mol. The molecule has 0 atom stereocenters. The van der Waals surface area contributed by atoms with Crippen LogP contribution in [-0.4, -0.2) is 45.3 Å². The molecule has 4 bridgehead atoms. The molecule has 0 unspecified atom stereocenters. The zero-order valence-corrected chi connectivity index (χ0v) is 24.4. The summed E-state index contributed by atoms with van der Waals surface area (Å²) in [4.78, 5) is 29.9. The molecule has 0 N–H and O–H groups in total. The van der Waals surface area contributed by atoms with Crippen LogP contribution in [0.25, 0.3) is 11.4 Å². The van der Waals surface area contributed by atoms with E-state index < -0.39 is 11.1 Å². The molecule has 3 aromatic rings. The number of ether oxygens (including phenoxy) is 1. The van der Waals surface area contributed by atoms with Gasteiger partial charge < -0.3 is 14.2 Å². The molecule has 2 aromatic heterocycles. The Kier molecular flexibility index (Phi) is 5.71. The lowest BCUT2D eigenvalue weighted by Gasteiger charge is -2.65. The van der Waals surface area contributed by atoms with E-state index in [1.165, 1.54) is 0 Å². The third-order valence-electron chi connectivity index (χ3n) is 10.4. The highest BCUT2D eigenvalue weighted by Crippen LogP contribution is 2.70. The molecule has 2 heterocycles. The maximum Gasteiger partial charge on any atom is 0.233 e. The lowest BCUT2D eigenvalue weighted by Crippen LogP contribution is -2.71. The van der Waals surface area contributed by atoms with E-state index in [1.54, 1.807) is 19.5 Å². The van der Waals surface area contributed by atoms with Gasteiger partial charge in [0.2, 0.25) is 11.8 Å². The second-order valence-corrected chi connectivity index (χ2v) is 14.3. The van der Waals surface area contributed by atoms with Gasteiger partial charge >= 0.3 is 0 Å². The van der Waals surface area contributed by atoms with E-state index in [-0.39, 0.29) is 22.2 Å². The van der Waals surface area contributed by atoms with Crippen molar-refractivity contribution in [2.75, 3.05) is 18.6 Å². The number of nitrogens with zero attached hydrogens (tertiary/aromatic N) is 5. The molecule has 216 valence electrons. The maximum absolute atomic E-state index is 14.6. The summed E-state index contributed by atoms with van der Waals surface area (Å²) in [5.74, 6) is 2.75. The van der Waals surface area contributed by atoms with E-state index in [4.69, 9.17) is 14.2 Å². The number of carbonyl (C=O) groups is 1. The highest BCUT2D eigenvalue weighted by molar-refractivity contribution is 6.00. The van der Waals surface area contributed by atoms with E-state index in [2.05, 4.69) is 35.9 Å². The predicted octanol–water partition coefficient (Wildman–Crippen LogP) is 6.35. The molecule has 1 aromatic carbocycles. The number of hydrogen-bond acceptors (Lipinski definition) is 7. The van der Waals surface area contributed by atoms with E-state index in [0.717, 1.165) is 61.5 Å². The summed E-state index contributed by atoms with van der Waals surface area (Å²) in [6.45, 7) is 6.94. The minimum absolute atomic E-state index is 0.00778. The van der Waals surface area contributed by atoms with Crippen LogP contribution in [0.3, 0.4) is 0 Å². The second-order valence-electron chi connectivity index (χ2n) is 14.3. The van der Waals surface area contributed by atoms with Crippen molar-refractivity contribution in [3.63, 3.8) is 0 Å². The van der Waals surface area contributed by atoms with Crippen molar-refractivity contribution < 1.29 is 18.4 Å². The Labute approximate surface area is 240 Å². The molecule has 6 aliphatic rings. The summed E-state index contributed by atoms with van der Waals surface area (Å²) in [6, 6.07) is 7.88. The number of alkyl halides is 1. The lowest BCUT2D eigenvalue weighted by atomic mass is 9.41. The molecular formula is C32H38FN5O3. The van der Waals surface area contributed by atoms with Crippen LogP contribution in [0.15, 0.2) is 41.2 Å². The topological polar surface area (TPSA) is 94.2 Å². The molecular weight excluding hydrogens is 521 g/mol. The van der Waals surface area contributed by atoms with Gasteiger partial charge in [-0.1, -0.05) is 38.1 Å². The van der Waals surface area contributed by atoms with E-state index in [1.807, 2.05) is 29.2 Å². The fourth-order valence-corrected chi connectivity index (χ4v) is 7.74. The molecule has 6 saturated carbocycles. The first kappa shape index (κ1) is 26.5. The number of fused-ring (bicyclic) bond motifs is 3. The highest BCUT2D eigenvalue weighted by atomic mass is 19.1. The quantitative estimate of drug-likeness (QED) is 0.333. The molecule has 6 fully saturated rings. The number of aromatic nitrogens is 4. The zero-order chi connectivity index (χ0) is 28.7. The van der Waals surface area contributed by atoms with Crippen LogP contribution in [0.2, 0.25) is 0 Å². The van der Waals surface area contributed by atoms with Crippen LogP contribution >= 0.6 is 0 Å². The van der Waals surface area contributed by atoms with Gasteiger partial charge in [-0.3, -0.25) is 4.79 Å². The Morgan fingerprint density at radius 3 is 2.27 bits per heavy atom. The molecule has 9 heteroatoms. The minimum Gasteiger partial charge on any atom is -0.494 e. The van der Waals surface area contributed by atoms with Crippen molar-refractivity contribution in [2.45, 2.75) is 95.1 Å². The summed E-state index contributed by atoms with van der Waals surface area (Å²) >= 11 is 0. The number of rotatable bonds is 7. The molecule has 0 spiro atoms. The third-order valence-corrected chi connectivity index (χ3v) is 10.4. The van der Waals surface area contributed by atoms with Crippen LogP contribution in [0.5, 0.6) is 5.75 Å². The number of carbonyl (C=O) groups excluding carboxylic acids is 1. The van der Waals surface area contributed by atoms with Gasteiger partial charge in [-0.2, -0.15) is 4.98 Å². The van der Waals surface area contributed by atoms with Crippen LogP contribution in [0.1, 0.15) is 90.3 Å². The molecule has 9 rings (SSSR count). The van der Waals surface area contributed by atoms with Gasteiger partial charge in [0.1, 0.15) is 5.67 Å². The first-order chi connectivity index (χ1) is 19.5. The number of amides is 1. The normalized spacial score (nSPS) is 31.7. The first-order valence-corrected chi connectivity index (χ1v) is 14.8. The Hall–Kier alpha value is -3.36. The van der Waals surface area contributed by atoms with Gasteiger partial charge in [0, 0.05) is 28.6 Å². The standard InChI is InChI=1S/C32H38FN5O3/c1-28(2,3)25-36-26(41-37-25)30-11-8-29(9-12-30,10-13-30)20-38(27(39)31-17-32(33,18-31)19-31)22-7-5-6-21(14-22)24-34-15-23(40-4)16-35-24/h5-7,14-16H,8-13,17-20H2,1-4H3. The molecule has 0 radical (unpaired) electrons. The summed E-state index contributed by atoms with van der Waals surface area (Å²) in [6.07, 6.45) is 10.2. The summed E-state index contributed by atoms with van der Waals surface area (Å²) in [5.41, 5.74) is -0.259. The summed E-state index contributed by atoms with van der Waals surface area (Å²) < 4.78 is 25.6. The Morgan fingerprint density at radius 1 is 1.05 bits per heavy atom. The van der Waals surface area contributed by atoms with Crippen LogP contribution in [0, 0.1) is 10.8 Å². The fourth-order valence-electron chi connectivity index (χ4n) is 7.74. The number of benzene rings is 1. The summed E-state index contributed by atoms with van der Waals surface area (Å²) in [5, 5.41) is 4.31. The molecule has 0 saturated heterocycles. The minimum atomic E-state index is -1.14. The SMILES string of the molecule is COc1cnc(-c2cccc(N(CC34CCC(c5nc(C(C)(C)C)no5)(CC3)CC4)C(=O)C34CC(F)(C3)C4)c2)nc1. The van der Waals surface area contributed by atoms with Crippen molar-refractivity contribution in [3.8, 4) is 17.1 Å². The Morgan fingerprint density at radius 2 is 1.71 bits per heavy atom. The monoisotopic (exact) mass is 559 g/mol. The Bertz CT molecular complexity index is 1450. The van der Waals surface area contributed by atoms with E-state index >= 15 is 0 Å². The van der Waals surface area contributed by atoms with Crippen LogP contribution < -0.4 is 9.64 Å². The van der Waals surface area contributed by atoms with Gasteiger partial charge in [0.15, 0.2) is 17.4 Å². The van der Waals surface area contributed by atoms with Crippen molar-refractivity contribution in [3.05, 3.63) is 48.4 Å². The van der Waals surface area contributed by atoms with Crippen molar-refractivity contribution in [2.24, 2.45) is 10.8 Å². The molecule has 6 aliphatic carbocycles. The van der Waals surface area contributed by atoms with Crippen LogP contribution in [-0.2, 0) is 15.6 Å². The first-order valence-electron chi connectivity index (χ1n) is 14.8. The van der Waals surface area contributed by atoms with Gasteiger partial charge in [0.25, 0.3) is 0 Å². The van der Waals surface area contributed by atoms with Crippen molar-refractivity contribution >= 4 is 11.6 Å². The van der Waals surface area contributed by atoms with Crippen molar-refractivity contribution in [1.82, 2.24) is 20.1 Å². The lowest BCUT2D eigenvalue weighted by molar-refractivity contribution is -0.211. The largest absolute Gasteiger partial charge is 0.494 e. The molecule has 8 nitrogen and oxygen atoms in total. The average molecular weight is 560 g/mol. The zero-order valence-electron chi connectivity index (χ0n) is 24.4.